The molecule has 1 saturated heterocycles. The third-order valence-corrected chi connectivity index (χ3v) is 7.52. The fourth-order valence-electron chi connectivity index (χ4n) is 3.80. The van der Waals surface area contributed by atoms with Crippen LogP contribution in [0.3, 0.4) is 0 Å². The molecule has 31 heavy (non-hydrogen) atoms. The summed E-state index contributed by atoms with van der Waals surface area (Å²) in [4.78, 5) is 14.9. The van der Waals surface area contributed by atoms with Crippen molar-refractivity contribution < 1.29 is 17.9 Å². The first kappa shape index (κ1) is 21.3. The Morgan fingerprint density at radius 1 is 0.903 bits per heavy atom. The van der Waals surface area contributed by atoms with Crippen LogP contribution in [-0.2, 0) is 14.8 Å². The smallest absolute Gasteiger partial charge is 0.263 e. The van der Waals surface area contributed by atoms with Crippen LogP contribution in [0.5, 0.6) is 5.75 Å². The van der Waals surface area contributed by atoms with Crippen LogP contribution < -0.4 is 4.74 Å². The van der Waals surface area contributed by atoms with Gasteiger partial charge in [-0.15, -0.1) is 0 Å². The number of fused-ring (bicyclic) bond motifs is 1. The zero-order valence-electron chi connectivity index (χ0n) is 17.7. The highest BCUT2D eigenvalue weighted by Crippen LogP contribution is 2.26. The molecule has 0 spiro atoms. The highest BCUT2D eigenvalue weighted by Gasteiger charge is 2.32. The molecule has 6 nitrogen and oxygen atoms in total. The molecule has 3 aromatic rings. The summed E-state index contributed by atoms with van der Waals surface area (Å²) in [7, 11) is -3.56. The van der Waals surface area contributed by atoms with E-state index in [1.807, 2.05) is 49.4 Å². The zero-order chi connectivity index (χ0) is 22.0. The third kappa shape index (κ3) is 4.43. The predicted octanol–water partition coefficient (Wildman–Crippen LogP) is 3.45. The molecule has 0 aliphatic carbocycles. The van der Waals surface area contributed by atoms with Gasteiger partial charge in [-0.2, -0.15) is 4.31 Å². The SMILES string of the molecule is Cc1ccc(S(=O)(=O)N2CCN(C(=O)[C@H](C)Oc3cccc4ccccc34)CC2)cc1. The van der Waals surface area contributed by atoms with Gasteiger partial charge in [-0.1, -0.05) is 54.1 Å². The Morgan fingerprint density at radius 3 is 2.26 bits per heavy atom. The number of carbonyl (C=O) groups excluding carboxylic acids is 1. The second kappa shape index (κ2) is 8.69. The molecular weight excluding hydrogens is 412 g/mol. The predicted molar refractivity (Wildman–Crippen MR) is 121 cm³/mol. The Hall–Kier alpha value is -2.90. The Kier molecular flexibility index (Phi) is 5.98. The van der Waals surface area contributed by atoms with E-state index in [1.165, 1.54) is 4.31 Å². The maximum atomic E-state index is 12.9. The average molecular weight is 439 g/mol. The highest BCUT2D eigenvalue weighted by atomic mass is 32.2. The number of nitrogens with zero attached hydrogens (tertiary/aromatic N) is 2. The molecule has 1 atom stereocenters. The molecule has 4 rings (SSSR count). The second-order valence-electron chi connectivity index (χ2n) is 7.78. The molecule has 0 unspecified atom stereocenters. The van der Waals surface area contributed by atoms with Crippen molar-refractivity contribution in [3.63, 3.8) is 0 Å². The van der Waals surface area contributed by atoms with Gasteiger partial charge in [0.25, 0.3) is 5.91 Å². The van der Waals surface area contributed by atoms with Crippen LogP contribution >= 0.6 is 0 Å². The van der Waals surface area contributed by atoms with E-state index in [1.54, 1.807) is 36.1 Å². The van der Waals surface area contributed by atoms with Gasteiger partial charge in [-0.3, -0.25) is 4.79 Å². The van der Waals surface area contributed by atoms with E-state index >= 15 is 0 Å². The maximum absolute atomic E-state index is 12.9. The minimum absolute atomic E-state index is 0.139. The minimum Gasteiger partial charge on any atom is -0.480 e. The Bertz CT molecular complexity index is 1180. The zero-order valence-corrected chi connectivity index (χ0v) is 18.5. The third-order valence-electron chi connectivity index (χ3n) is 5.61. The minimum atomic E-state index is -3.56. The van der Waals surface area contributed by atoms with Crippen molar-refractivity contribution in [1.82, 2.24) is 9.21 Å². The topological polar surface area (TPSA) is 66.9 Å². The summed E-state index contributed by atoms with van der Waals surface area (Å²) in [6.45, 7) is 4.87. The molecule has 1 amide bonds. The Labute approximate surface area is 183 Å². The van der Waals surface area contributed by atoms with Gasteiger partial charge in [-0.25, -0.2) is 8.42 Å². The van der Waals surface area contributed by atoms with Gasteiger partial charge >= 0.3 is 0 Å². The van der Waals surface area contributed by atoms with Crippen LogP contribution in [0.4, 0.5) is 0 Å². The molecule has 0 N–H and O–H groups in total. The fraction of sp³-hybridized carbons (Fsp3) is 0.292. The van der Waals surface area contributed by atoms with Crippen LogP contribution in [0.1, 0.15) is 12.5 Å². The number of rotatable bonds is 5. The number of ether oxygens (including phenoxy) is 1. The van der Waals surface area contributed by atoms with E-state index in [0.717, 1.165) is 16.3 Å². The van der Waals surface area contributed by atoms with Gasteiger partial charge in [0.2, 0.25) is 10.0 Å². The van der Waals surface area contributed by atoms with Gasteiger partial charge < -0.3 is 9.64 Å². The number of amides is 1. The lowest BCUT2D eigenvalue weighted by Gasteiger charge is -2.35. The van der Waals surface area contributed by atoms with Crippen molar-refractivity contribution in [1.29, 1.82) is 0 Å². The summed E-state index contributed by atoms with van der Waals surface area (Å²) in [5.41, 5.74) is 1.01. The summed E-state index contributed by atoms with van der Waals surface area (Å²) >= 11 is 0. The summed E-state index contributed by atoms with van der Waals surface area (Å²) in [5, 5.41) is 2.01. The lowest BCUT2D eigenvalue weighted by Crippen LogP contribution is -2.53. The molecule has 0 bridgehead atoms. The first-order valence-corrected chi connectivity index (χ1v) is 11.8. The van der Waals surface area contributed by atoms with Gasteiger partial charge in [0.1, 0.15) is 5.75 Å². The molecule has 1 aliphatic rings. The van der Waals surface area contributed by atoms with Gasteiger partial charge in [0, 0.05) is 31.6 Å². The molecule has 1 aliphatic heterocycles. The normalized spacial score (nSPS) is 16.3. The second-order valence-corrected chi connectivity index (χ2v) is 9.72. The van der Waals surface area contributed by atoms with Crippen LogP contribution in [0, 0.1) is 6.92 Å². The van der Waals surface area contributed by atoms with Gasteiger partial charge in [0.15, 0.2) is 6.10 Å². The number of aryl methyl sites for hydroxylation is 1. The van der Waals surface area contributed by atoms with Gasteiger partial charge in [-0.05, 0) is 37.4 Å². The van der Waals surface area contributed by atoms with E-state index in [-0.39, 0.29) is 23.9 Å². The number of sulfonamides is 1. The highest BCUT2D eigenvalue weighted by molar-refractivity contribution is 7.89. The van der Waals surface area contributed by atoms with Crippen molar-refractivity contribution in [3.05, 3.63) is 72.3 Å². The number of piperazine rings is 1. The van der Waals surface area contributed by atoms with E-state index in [4.69, 9.17) is 4.74 Å². The molecule has 3 aromatic carbocycles. The van der Waals surface area contributed by atoms with Crippen LogP contribution in [0.15, 0.2) is 71.6 Å². The first-order valence-electron chi connectivity index (χ1n) is 10.4. The van der Waals surface area contributed by atoms with Crippen LogP contribution in [0.25, 0.3) is 10.8 Å². The Balaban J connectivity index is 1.40. The molecule has 0 aromatic heterocycles. The largest absolute Gasteiger partial charge is 0.480 e. The summed E-state index contributed by atoms with van der Waals surface area (Å²) in [5.74, 6) is 0.528. The first-order chi connectivity index (χ1) is 14.9. The van der Waals surface area contributed by atoms with Crippen molar-refractivity contribution in [3.8, 4) is 5.75 Å². The standard InChI is InChI=1S/C24H26N2O4S/c1-18-10-12-21(13-11-18)31(28,29)26-16-14-25(15-17-26)24(27)19(2)30-23-9-5-7-20-6-3-4-8-22(20)23/h3-13,19H,14-17H2,1-2H3/t19-/m0/s1. The average Bonchev–Trinajstić information content (AvgIpc) is 2.79. The molecule has 1 heterocycles. The van der Waals surface area contributed by atoms with Crippen molar-refractivity contribution in [2.75, 3.05) is 26.2 Å². The fourth-order valence-corrected chi connectivity index (χ4v) is 5.23. The van der Waals surface area contributed by atoms with Gasteiger partial charge in [0.05, 0.1) is 4.90 Å². The molecule has 162 valence electrons. The maximum Gasteiger partial charge on any atom is 0.263 e. The molecule has 0 saturated carbocycles. The number of hydrogen-bond acceptors (Lipinski definition) is 4. The number of hydrogen-bond donors (Lipinski definition) is 0. The quantitative estimate of drug-likeness (QED) is 0.612. The van der Waals surface area contributed by atoms with Crippen LogP contribution in [-0.4, -0.2) is 55.8 Å². The lowest BCUT2D eigenvalue weighted by atomic mass is 10.1. The lowest BCUT2D eigenvalue weighted by molar-refractivity contribution is -0.139. The van der Waals surface area contributed by atoms with Crippen LogP contribution in [0.2, 0.25) is 0 Å². The summed E-state index contributed by atoms with van der Waals surface area (Å²) < 4.78 is 33.2. The monoisotopic (exact) mass is 438 g/mol. The molecule has 1 fully saturated rings. The molecule has 7 heteroatoms. The van der Waals surface area contributed by atoms with Crippen molar-refractivity contribution in [2.24, 2.45) is 0 Å². The van der Waals surface area contributed by atoms with Crippen molar-refractivity contribution in [2.45, 2.75) is 24.8 Å². The van der Waals surface area contributed by atoms with E-state index in [2.05, 4.69) is 0 Å². The molecule has 0 radical (unpaired) electrons. The summed E-state index contributed by atoms with van der Waals surface area (Å²) in [6.07, 6.45) is -0.661. The van der Waals surface area contributed by atoms with E-state index < -0.39 is 16.1 Å². The van der Waals surface area contributed by atoms with E-state index in [0.29, 0.717) is 18.8 Å². The van der Waals surface area contributed by atoms with Crippen molar-refractivity contribution >= 4 is 26.7 Å². The number of benzene rings is 3. The Morgan fingerprint density at radius 2 is 1.55 bits per heavy atom. The van der Waals surface area contributed by atoms with E-state index in [9.17, 15) is 13.2 Å². The molecular formula is C24H26N2O4S. The number of carbonyl (C=O) groups is 1. The summed E-state index contributed by atoms with van der Waals surface area (Å²) in [6, 6.07) is 20.5.